The number of hydrogen-bond donors (Lipinski definition) is 1. The van der Waals surface area contributed by atoms with Gasteiger partial charge in [-0.25, -0.2) is 0 Å². The highest BCUT2D eigenvalue weighted by atomic mass is 35.5. The molecule has 3 heteroatoms. The second kappa shape index (κ2) is 5.86. The van der Waals surface area contributed by atoms with E-state index < -0.39 is 0 Å². The Morgan fingerprint density at radius 1 is 1.67 bits per heavy atom. The minimum atomic E-state index is 0. The van der Waals surface area contributed by atoms with Gasteiger partial charge in [-0.15, -0.1) is 19.0 Å². The van der Waals surface area contributed by atoms with E-state index in [1.807, 2.05) is 25.4 Å². The third-order valence-corrected chi connectivity index (χ3v) is 1.65. The van der Waals surface area contributed by atoms with E-state index >= 15 is 0 Å². The number of nitrogens with one attached hydrogen (secondary N) is 1. The van der Waals surface area contributed by atoms with Crippen LogP contribution in [-0.4, -0.2) is 11.1 Å². The zero-order chi connectivity index (χ0) is 8.10. The molecule has 1 aromatic heterocycles. The summed E-state index contributed by atoms with van der Waals surface area (Å²) in [5.74, 6) is 0. The van der Waals surface area contributed by atoms with E-state index in [9.17, 15) is 0 Å². The van der Waals surface area contributed by atoms with Crippen LogP contribution < -0.4 is 5.32 Å². The fourth-order valence-corrected chi connectivity index (χ4v) is 0.982. The highest BCUT2D eigenvalue weighted by Gasteiger charge is 1.93. The van der Waals surface area contributed by atoms with Crippen molar-refractivity contribution in [3.63, 3.8) is 0 Å². The summed E-state index contributed by atoms with van der Waals surface area (Å²) in [4.78, 5) is 0. The molecule has 2 nitrogen and oxygen atoms in total. The summed E-state index contributed by atoms with van der Waals surface area (Å²) in [5, 5.41) is 3.24. The van der Waals surface area contributed by atoms with Gasteiger partial charge in [0.05, 0.1) is 0 Å². The normalized spacial score (nSPS) is 9.08. The van der Waals surface area contributed by atoms with Crippen LogP contribution in [-0.2, 0) is 13.6 Å². The molecule has 0 aliphatic heterocycles. The van der Waals surface area contributed by atoms with Crippen LogP contribution in [0.15, 0.2) is 31.0 Å². The minimum absolute atomic E-state index is 0. The molecule has 0 unspecified atom stereocenters. The molecule has 0 fully saturated rings. The second-order valence-corrected chi connectivity index (χ2v) is 2.53. The largest absolute Gasteiger partial charge is 0.353 e. The van der Waals surface area contributed by atoms with Crippen LogP contribution in [0.5, 0.6) is 0 Å². The molecule has 0 aliphatic carbocycles. The average Bonchev–Trinajstić information content (AvgIpc) is 2.37. The van der Waals surface area contributed by atoms with Crippen LogP contribution in [0, 0.1) is 0 Å². The first-order valence-electron chi connectivity index (χ1n) is 3.76. The summed E-state index contributed by atoms with van der Waals surface area (Å²) in [6, 6.07) is 4.15. The van der Waals surface area contributed by atoms with Gasteiger partial charge in [0.15, 0.2) is 0 Å². The molecule has 0 aromatic carbocycles. The van der Waals surface area contributed by atoms with Crippen LogP contribution in [0.25, 0.3) is 0 Å². The molecule has 0 saturated heterocycles. The average molecular weight is 187 g/mol. The Hall–Kier alpha value is -0.730. The number of nitrogens with zero attached hydrogens (tertiary/aromatic N) is 1. The molecule has 0 atom stereocenters. The number of hydrogen-bond acceptors (Lipinski definition) is 1. The molecule has 68 valence electrons. The molecular weight excluding hydrogens is 172 g/mol. The lowest BCUT2D eigenvalue weighted by molar-refractivity contribution is 0.702. The van der Waals surface area contributed by atoms with Crippen LogP contribution in [0.2, 0.25) is 0 Å². The Morgan fingerprint density at radius 2 is 2.42 bits per heavy atom. The second-order valence-electron chi connectivity index (χ2n) is 2.53. The van der Waals surface area contributed by atoms with E-state index in [0.717, 1.165) is 13.1 Å². The van der Waals surface area contributed by atoms with Crippen molar-refractivity contribution in [3.8, 4) is 0 Å². The van der Waals surface area contributed by atoms with Crippen molar-refractivity contribution < 1.29 is 0 Å². The van der Waals surface area contributed by atoms with Gasteiger partial charge in [-0.2, -0.15) is 0 Å². The molecule has 0 radical (unpaired) electrons. The summed E-state index contributed by atoms with van der Waals surface area (Å²) >= 11 is 0. The van der Waals surface area contributed by atoms with Gasteiger partial charge in [-0.3, -0.25) is 0 Å². The van der Waals surface area contributed by atoms with Crippen molar-refractivity contribution in [2.75, 3.05) is 6.54 Å². The number of halogens is 1. The van der Waals surface area contributed by atoms with E-state index in [1.165, 1.54) is 5.69 Å². The van der Waals surface area contributed by atoms with Crippen molar-refractivity contribution >= 4 is 12.4 Å². The zero-order valence-corrected chi connectivity index (χ0v) is 8.10. The lowest BCUT2D eigenvalue weighted by Gasteiger charge is -2.02. The smallest absolute Gasteiger partial charge is 0.0361 e. The van der Waals surface area contributed by atoms with Crippen LogP contribution >= 0.6 is 12.4 Å². The lowest BCUT2D eigenvalue weighted by atomic mass is 10.4. The van der Waals surface area contributed by atoms with Crippen LogP contribution in [0.4, 0.5) is 0 Å². The van der Waals surface area contributed by atoms with Gasteiger partial charge in [-0.05, 0) is 12.1 Å². The Morgan fingerprint density at radius 3 is 2.92 bits per heavy atom. The predicted molar refractivity (Wildman–Crippen MR) is 54.6 cm³/mol. The van der Waals surface area contributed by atoms with Crippen molar-refractivity contribution in [1.29, 1.82) is 0 Å². The van der Waals surface area contributed by atoms with Gasteiger partial charge >= 0.3 is 0 Å². The van der Waals surface area contributed by atoms with E-state index in [1.54, 1.807) is 0 Å². The Bertz CT molecular complexity index is 230. The SMILES string of the molecule is C=CCNCc1cccn1C.Cl. The lowest BCUT2D eigenvalue weighted by Crippen LogP contribution is -2.14. The van der Waals surface area contributed by atoms with E-state index in [2.05, 4.69) is 22.5 Å². The molecular formula is C9H15ClN2. The molecule has 0 spiro atoms. The summed E-state index contributed by atoms with van der Waals surface area (Å²) in [5.41, 5.74) is 1.30. The highest BCUT2D eigenvalue weighted by molar-refractivity contribution is 5.85. The highest BCUT2D eigenvalue weighted by Crippen LogP contribution is 1.97. The Balaban J connectivity index is 0.00000121. The maximum atomic E-state index is 3.63. The Kier molecular flexibility index (Phi) is 5.51. The van der Waals surface area contributed by atoms with Gasteiger partial charge < -0.3 is 9.88 Å². The molecule has 12 heavy (non-hydrogen) atoms. The minimum Gasteiger partial charge on any atom is -0.353 e. The standard InChI is InChI=1S/C9H14N2.ClH/c1-3-6-10-8-9-5-4-7-11(9)2;/h3-5,7,10H,1,6,8H2,2H3;1H. The number of rotatable bonds is 4. The first-order valence-corrected chi connectivity index (χ1v) is 3.76. The van der Waals surface area contributed by atoms with E-state index in [-0.39, 0.29) is 12.4 Å². The van der Waals surface area contributed by atoms with Crippen LogP contribution in [0.3, 0.4) is 0 Å². The molecule has 1 aromatic rings. The van der Waals surface area contributed by atoms with Gasteiger partial charge in [0, 0.05) is 32.0 Å². The maximum Gasteiger partial charge on any atom is 0.0361 e. The summed E-state index contributed by atoms with van der Waals surface area (Å²) in [6.07, 6.45) is 3.91. The molecule has 1 N–H and O–H groups in total. The van der Waals surface area contributed by atoms with Crippen molar-refractivity contribution in [2.45, 2.75) is 6.54 Å². The Labute approximate surface area is 79.7 Å². The zero-order valence-electron chi connectivity index (χ0n) is 7.29. The molecule has 0 aliphatic rings. The molecule has 0 saturated carbocycles. The first kappa shape index (κ1) is 11.3. The van der Waals surface area contributed by atoms with Crippen molar-refractivity contribution in [2.24, 2.45) is 7.05 Å². The van der Waals surface area contributed by atoms with Gasteiger partial charge in [0.1, 0.15) is 0 Å². The fourth-order valence-electron chi connectivity index (χ4n) is 0.982. The van der Waals surface area contributed by atoms with E-state index in [4.69, 9.17) is 0 Å². The summed E-state index contributed by atoms with van der Waals surface area (Å²) < 4.78 is 2.11. The molecule has 0 amide bonds. The van der Waals surface area contributed by atoms with E-state index in [0.29, 0.717) is 0 Å². The third kappa shape index (κ3) is 3.11. The van der Waals surface area contributed by atoms with Gasteiger partial charge in [-0.1, -0.05) is 6.08 Å². The predicted octanol–water partition coefficient (Wildman–Crippen LogP) is 1.72. The quantitative estimate of drug-likeness (QED) is 0.560. The number of aryl methyl sites for hydroxylation is 1. The van der Waals surface area contributed by atoms with Crippen molar-refractivity contribution in [1.82, 2.24) is 9.88 Å². The topological polar surface area (TPSA) is 17.0 Å². The monoisotopic (exact) mass is 186 g/mol. The van der Waals surface area contributed by atoms with Crippen LogP contribution in [0.1, 0.15) is 5.69 Å². The summed E-state index contributed by atoms with van der Waals surface area (Å²) in [7, 11) is 2.05. The summed E-state index contributed by atoms with van der Waals surface area (Å²) in [6.45, 7) is 5.41. The number of aromatic nitrogens is 1. The van der Waals surface area contributed by atoms with Gasteiger partial charge in [0.2, 0.25) is 0 Å². The fraction of sp³-hybridized carbons (Fsp3) is 0.333. The first-order chi connectivity index (χ1) is 5.34. The molecule has 0 bridgehead atoms. The van der Waals surface area contributed by atoms with Crippen molar-refractivity contribution in [3.05, 3.63) is 36.7 Å². The third-order valence-electron chi connectivity index (χ3n) is 1.65. The molecule has 1 rings (SSSR count). The van der Waals surface area contributed by atoms with Gasteiger partial charge in [0.25, 0.3) is 0 Å². The molecule has 1 heterocycles. The maximum absolute atomic E-state index is 3.63.